The molecule has 4 nitrogen and oxygen atoms in total. The molecule has 0 radical (unpaired) electrons. The molecule has 0 aromatic rings. The standard InChI is InChI=1S/C13H21NO3/c1-3-4-5-9-14(2)12(15)10-7-6-8-11(10)13(16)17/h3,10-11H,1,4-9H2,2H3,(H,16,17)/t10-,11+/m1/s1. The maximum atomic E-state index is 12.1. The predicted molar refractivity (Wildman–Crippen MR) is 65.5 cm³/mol. The molecule has 4 heteroatoms. The van der Waals surface area contributed by atoms with Gasteiger partial charge in [0, 0.05) is 13.6 Å². The van der Waals surface area contributed by atoms with Gasteiger partial charge in [0.15, 0.2) is 0 Å². The highest BCUT2D eigenvalue weighted by Gasteiger charge is 2.38. The number of amides is 1. The fourth-order valence-corrected chi connectivity index (χ4v) is 2.42. The Morgan fingerprint density at radius 1 is 1.41 bits per heavy atom. The molecular formula is C13H21NO3. The topological polar surface area (TPSA) is 57.6 Å². The van der Waals surface area contributed by atoms with Crippen LogP contribution in [0.1, 0.15) is 32.1 Å². The van der Waals surface area contributed by atoms with E-state index in [9.17, 15) is 9.59 Å². The third kappa shape index (κ3) is 3.58. The van der Waals surface area contributed by atoms with Crippen LogP contribution in [0.25, 0.3) is 0 Å². The summed E-state index contributed by atoms with van der Waals surface area (Å²) in [6.45, 7) is 4.31. The molecule has 0 saturated heterocycles. The number of hydrogen-bond acceptors (Lipinski definition) is 2. The monoisotopic (exact) mass is 239 g/mol. The summed E-state index contributed by atoms with van der Waals surface area (Å²) in [5.41, 5.74) is 0. The van der Waals surface area contributed by atoms with E-state index < -0.39 is 11.9 Å². The Hall–Kier alpha value is -1.32. The van der Waals surface area contributed by atoms with E-state index in [1.165, 1.54) is 0 Å². The van der Waals surface area contributed by atoms with Crippen molar-refractivity contribution >= 4 is 11.9 Å². The van der Waals surface area contributed by atoms with Crippen molar-refractivity contribution in [2.75, 3.05) is 13.6 Å². The molecule has 96 valence electrons. The van der Waals surface area contributed by atoms with Gasteiger partial charge in [-0.05, 0) is 25.7 Å². The van der Waals surface area contributed by atoms with Crippen LogP contribution in [0.15, 0.2) is 12.7 Å². The lowest BCUT2D eigenvalue weighted by Gasteiger charge is -2.23. The molecule has 0 unspecified atom stereocenters. The zero-order valence-corrected chi connectivity index (χ0v) is 10.4. The minimum Gasteiger partial charge on any atom is -0.481 e. The van der Waals surface area contributed by atoms with E-state index in [0.717, 1.165) is 19.3 Å². The number of carbonyl (C=O) groups is 2. The van der Waals surface area contributed by atoms with Crippen molar-refractivity contribution in [1.82, 2.24) is 4.90 Å². The summed E-state index contributed by atoms with van der Waals surface area (Å²) in [7, 11) is 1.75. The van der Waals surface area contributed by atoms with E-state index in [-0.39, 0.29) is 11.8 Å². The highest BCUT2D eigenvalue weighted by atomic mass is 16.4. The van der Waals surface area contributed by atoms with Crippen LogP contribution in [0.4, 0.5) is 0 Å². The smallest absolute Gasteiger partial charge is 0.307 e. The Balaban J connectivity index is 2.50. The molecule has 1 amide bonds. The second-order valence-electron chi connectivity index (χ2n) is 4.67. The third-order valence-corrected chi connectivity index (χ3v) is 3.43. The minimum absolute atomic E-state index is 0.0148. The lowest BCUT2D eigenvalue weighted by molar-refractivity contribution is -0.148. The van der Waals surface area contributed by atoms with E-state index in [1.54, 1.807) is 11.9 Å². The van der Waals surface area contributed by atoms with Crippen molar-refractivity contribution in [3.05, 3.63) is 12.7 Å². The summed E-state index contributed by atoms with van der Waals surface area (Å²) in [6, 6.07) is 0. The van der Waals surface area contributed by atoms with Crippen LogP contribution in [0.5, 0.6) is 0 Å². The first-order valence-electron chi connectivity index (χ1n) is 6.16. The molecular weight excluding hydrogens is 218 g/mol. The summed E-state index contributed by atoms with van der Waals surface area (Å²) in [5.74, 6) is -1.65. The number of carbonyl (C=O) groups excluding carboxylic acids is 1. The Labute approximate surface area is 102 Å². The van der Waals surface area contributed by atoms with Crippen molar-refractivity contribution in [1.29, 1.82) is 0 Å². The third-order valence-electron chi connectivity index (χ3n) is 3.43. The molecule has 0 aromatic heterocycles. The van der Waals surface area contributed by atoms with Gasteiger partial charge in [0.05, 0.1) is 11.8 Å². The molecule has 0 heterocycles. The van der Waals surface area contributed by atoms with Gasteiger partial charge >= 0.3 is 5.97 Å². The molecule has 0 bridgehead atoms. The second-order valence-corrected chi connectivity index (χ2v) is 4.67. The molecule has 2 atom stereocenters. The van der Waals surface area contributed by atoms with Gasteiger partial charge in [0.25, 0.3) is 0 Å². The Morgan fingerprint density at radius 3 is 2.65 bits per heavy atom. The zero-order valence-electron chi connectivity index (χ0n) is 10.4. The molecule has 1 saturated carbocycles. The number of unbranched alkanes of at least 4 members (excludes halogenated alkanes) is 1. The molecule has 1 aliphatic rings. The number of allylic oxidation sites excluding steroid dienone is 1. The van der Waals surface area contributed by atoms with Crippen molar-refractivity contribution in [3.63, 3.8) is 0 Å². The summed E-state index contributed by atoms with van der Waals surface area (Å²) in [6.07, 6.45) is 5.77. The van der Waals surface area contributed by atoms with Gasteiger partial charge in [-0.3, -0.25) is 9.59 Å². The van der Waals surface area contributed by atoms with Gasteiger partial charge in [-0.15, -0.1) is 6.58 Å². The van der Waals surface area contributed by atoms with Crippen molar-refractivity contribution < 1.29 is 14.7 Å². The van der Waals surface area contributed by atoms with Gasteiger partial charge in [0.2, 0.25) is 5.91 Å². The van der Waals surface area contributed by atoms with Gasteiger partial charge in [-0.1, -0.05) is 12.5 Å². The van der Waals surface area contributed by atoms with Crippen LogP contribution < -0.4 is 0 Å². The fourth-order valence-electron chi connectivity index (χ4n) is 2.42. The minimum atomic E-state index is -0.833. The maximum Gasteiger partial charge on any atom is 0.307 e. The van der Waals surface area contributed by atoms with E-state index in [4.69, 9.17) is 5.11 Å². The van der Waals surface area contributed by atoms with Crippen molar-refractivity contribution in [3.8, 4) is 0 Å². The first kappa shape index (κ1) is 13.7. The first-order chi connectivity index (χ1) is 8.07. The highest BCUT2D eigenvalue weighted by Crippen LogP contribution is 2.33. The summed E-state index contributed by atoms with van der Waals surface area (Å²) < 4.78 is 0. The molecule has 0 spiro atoms. The van der Waals surface area contributed by atoms with Crippen molar-refractivity contribution in [2.45, 2.75) is 32.1 Å². The summed E-state index contributed by atoms with van der Waals surface area (Å²) >= 11 is 0. The second kappa shape index (κ2) is 6.42. The van der Waals surface area contributed by atoms with E-state index in [0.29, 0.717) is 19.4 Å². The van der Waals surface area contributed by atoms with Gasteiger partial charge in [-0.2, -0.15) is 0 Å². The number of carboxylic acid groups (broad SMARTS) is 1. The lowest BCUT2D eigenvalue weighted by Crippen LogP contribution is -2.37. The van der Waals surface area contributed by atoms with E-state index in [2.05, 4.69) is 6.58 Å². The number of carboxylic acids is 1. The van der Waals surface area contributed by atoms with Gasteiger partial charge in [-0.25, -0.2) is 0 Å². The van der Waals surface area contributed by atoms with Crippen LogP contribution in [0.2, 0.25) is 0 Å². The Morgan fingerprint density at radius 2 is 2.06 bits per heavy atom. The van der Waals surface area contributed by atoms with Crippen LogP contribution in [0.3, 0.4) is 0 Å². The fraction of sp³-hybridized carbons (Fsp3) is 0.692. The lowest BCUT2D eigenvalue weighted by atomic mass is 9.95. The van der Waals surface area contributed by atoms with E-state index in [1.807, 2.05) is 6.08 Å². The quantitative estimate of drug-likeness (QED) is 0.569. The molecule has 1 aliphatic carbocycles. The molecule has 0 aliphatic heterocycles. The Kier molecular flexibility index (Phi) is 5.19. The first-order valence-corrected chi connectivity index (χ1v) is 6.16. The number of hydrogen-bond donors (Lipinski definition) is 1. The molecule has 0 aromatic carbocycles. The largest absolute Gasteiger partial charge is 0.481 e. The summed E-state index contributed by atoms with van der Waals surface area (Å²) in [5, 5.41) is 9.04. The number of nitrogens with zero attached hydrogens (tertiary/aromatic N) is 1. The molecule has 1 N–H and O–H groups in total. The SMILES string of the molecule is C=CCCCN(C)C(=O)[C@@H]1CCC[C@@H]1C(=O)O. The molecule has 1 rings (SSSR count). The summed E-state index contributed by atoms with van der Waals surface area (Å²) in [4.78, 5) is 24.8. The van der Waals surface area contributed by atoms with Crippen molar-refractivity contribution in [2.24, 2.45) is 11.8 Å². The Bertz CT molecular complexity index is 301. The van der Waals surface area contributed by atoms with Crippen LogP contribution in [-0.4, -0.2) is 35.5 Å². The predicted octanol–water partition coefficient (Wildman–Crippen LogP) is 1.91. The molecule has 1 fully saturated rings. The van der Waals surface area contributed by atoms with Crippen LogP contribution in [-0.2, 0) is 9.59 Å². The van der Waals surface area contributed by atoms with Gasteiger partial charge in [0.1, 0.15) is 0 Å². The average molecular weight is 239 g/mol. The van der Waals surface area contributed by atoms with Gasteiger partial charge < -0.3 is 10.0 Å². The zero-order chi connectivity index (χ0) is 12.8. The average Bonchev–Trinajstić information content (AvgIpc) is 2.77. The highest BCUT2D eigenvalue weighted by molar-refractivity contribution is 5.85. The number of rotatable bonds is 6. The van der Waals surface area contributed by atoms with Crippen LogP contribution in [0, 0.1) is 11.8 Å². The number of aliphatic carboxylic acids is 1. The van der Waals surface area contributed by atoms with E-state index >= 15 is 0 Å². The molecule has 17 heavy (non-hydrogen) atoms. The van der Waals surface area contributed by atoms with Crippen LogP contribution >= 0.6 is 0 Å². The normalized spacial score (nSPS) is 23.4. The maximum absolute atomic E-state index is 12.1.